The molecule has 0 amide bonds. The number of halogens is 2. The third kappa shape index (κ3) is 6.26. The van der Waals surface area contributed by atoms with Gasteiger partial charge in [-0.3, -0.25) is 0 Å². The molecule has 108 valence electrons. The molecular formula is C15H23ClFNO. The van der Waals surface area contributed by atoms with Gasteiger partial charge < -0.3 is 10.1 Å². The normalized spacial score (nSPS) is 12.7. The van der Waals surface area contributed by atoms with Crippen LogP contribution in [0.3, 0.4) is 0 Å². The fourth-order valence-corrected chi connectivity index (χ4v) is 1.92. The van der Waals surface area contributed by atoms with Gasteiger partial charge in [-0.25, -0.2) is 4.39 Å². The summed E-state index contributed by atoms with van der Waals surface area (Å²) in [6, 6.07) is 4.57. The smallest absolute Gasteiger partial charge is 0.145 e. The van der Waals surface area contributed by atoms with Crippen LogP contribution in [0.1, 0.15) is 33.6 Å². The van der Waals surface area contributed by atoms with Crippen LogP contribution in [0.15, 0.2) is 18.2 Å². The molecule has 0 aliphatic carbocycles. The molecule has 0 aromatic heterocycles. The predicted molar refractivity (Wildman–Crippen MR) is 78.4 cm³/mol. The molecular weight excluding hydrogens is 265 g/mol. The molecule has 0 saturated carbocycles. The van der Waals surface area contributed by atoms with E-state index in [9.17, 15) is 4.39 Å². The summed E-state index contributed by atoms with van der Waals surface area (Å²) in [6.07, 6.45) is 2.03. The molecule has 0 radical (unpaired) electrons. The summed E-state index contributed by atoms with van der Waals surface area (Å²) in [7, 11) is 0. The summed E-state index contributed by atoms with van der Waals surface area (Å²) >= 11 is 5.65. The van der Waals surface area contributed by atoms with Crippen LogP contribution in [0.25, 0.3) is 0 Å². The van der Waals surface area contributed by atoms with Gasteiger partial charge in [-0.05, 0) is 31.0 Å². The van der Waals surface area contributed by atoms with E-state index in [2.05, 4.69) is 26.1 Å². The lowest BCUT2D eigenvalue weighted by molar-refractivity contribution is 0.184. The molecule has 0 bridgehead atoms. The van der Waals surface area contributed by atoms with Gasteiger partial charge in [0, 0.05) is 12.6 Å². The summed E-state index contributed by atoms with van der Waals surface area (Å²) < 4.78 is 19.2. The van der Waals surface area contributed by atoms with Crippen LogP contribution >= 0.6 is 11.6 Å². The van der Waals surface area contributed by atoms with Gasteiger partial charge in [0.05, 0.1) is 5.02 Å². The Kier molecular flexibility index (Phi) is 7.17. The maximum absolute atomic E-state index is 13.3. The lowest BCUT2D eigenvalue weighted by atomic mass is 10.2. The topological polar surface area (TPSA) is 21.3 Å². The first kappa shape index (κ1) is 16.3. The molecule has 0 spiro atoms. The second-order valence-electron chi connectivity index (χ2n) is 5.16. The Morgan fingerprint density at radius 3 is 2.63 bits per heavy atom. The SMILES string of the molecule is CCCC(CNCC(C)C)Oc1ccc(Cl)c(F)c1. The van der Waals surface area contributed by atoms with Crippen molar-refractivity contribution in [2.24, 2.45) is 5.92 Å². The quantitative estimate of drug-likeness (QED) is 0.771. The first-order valence-corrected chi connectivity index (χ1v) is 7.23. The lowest BCUT2D eigenvalue weighted by Gasteiger charge is -2.20. The van der Waals surface area contributed by atoms with Crippen molar-refractivity contribution < 1.29 is 9.13 Å². The largest absolute Gasteiger partial charge is 0.489 e. The van der Waals surface area contributed by atoms with Crippen LogP contribution in [0.2, 0.25) is 5.02 Å². The zero-order valence-corrected chi connectivity index (χ0v) is 12.6. The van der Waals surface area contributed by atoms with Gasteiger partial charge in [-0.1, -0.05) is 38.8 Å². The molecule has 0 fully saturated rings. The predicted octanol–water partition coefficient (Wildman–Crippen LogP) is 4.27. The fourth-order valence-electron chi connectivity index (χ4n) is 1.80. The van der Waals surface area contributed by atoms with Crippen molar-refractivity contribution in [3.05, 3.63) is 29.0 Å². The Hall–Kier alpha value is -0.800. The zero-order valence-electron chi connectivity index (χ0n) is 11.9. The van der Waals surface area contributed by atoms with Crippen molar-refractivity contribution in [1.82, 2.24) is 5.32 Å². The van der Waals surface area contributed by atoms with Gasteiger partial charge in [0.2, 0.25) is 0 Å². The number of ether oxygens (including phenoxy) is 1. The van der Waals surface area contributed by atoms with Crippen molar-refractivity contribution in [2.75, 3.05) is 13.1 Å². The molecule has 0 saturated heterocycles. The average Bonchev–Trinajstić information content (AvgIpc) is 2.33. The molecule has 1 rings (SSSR count). The summed E-state index contributed by atoms with van der Waals surface area (Å²) in [5.41, 5.74) is 0. The molecule has 1 N–H and O–H groups in total. The van der Waals surface area contributed by atoms with E-state index >= 15 is 0 Å². The van der Waals surface area contributed by atoms with Crippen molar-refractivity contribution >= 4 is 11.6 Å². The van der Waals surface area contributed by atoms with Crippen LogP contribution in [0.4, 0.5) is 4.39 Å². The monoisotopic (exact) mass is 287 g/mol. The van der Waals surface area contributed by atoms with Gasteiger partial charge in [0.15, 0.2) is 0 Å². The molecule has 1 aromatic rings. The Bertz CT molecular complexity index is 384. The third-order valence-electron chi connectivity index (χ3n) is 2.73. The number of benzene rings is 1. The van der Waals surface area contributed by atoms with Gasteiger partial charge in [0.1, 0.15) is 17.7 Å². The van der Waals surface area contributed by atoms with E-state index in [1.165, 1.54) is 12.1 Å². The number of nitrogens with one attached hydrogen (secondary N) is 1. The highest BCUT2D eigenvalue weighted by molar-refractivity contribution is 6.30. The molecule has 0 aliphatic rings. The molecule has 1 aromatic carbocycles. The van der Waals surface area contributed by atoms with E-state index in [1.807, 2.05) is 0 Å². The number of hydrogen-bond donors (Lipinski definition) is 1. The van der Waals surface area contributed by atoms with Crippen LogP contribution in [-0.4, -0.2) is 19.2 Å². The number of hydrogen-bond acceptors (Lipinski definition) is 2. The standard InChI is InChI=1S/C15H23ClFNO/c1-4-5-13(10-18-9-11(2)3)19-12-6-7-14(16)15(17)8-12/h6-8,11,13,18H,4-5,9-10H2,1-3H3. The molecule has 2 nitrogen and oxygen atoms in total. The van der Waals surface area contributed by atoms with Gasteiger partial charge in [-0.15, -0.1) is 0 Å². The summed E-state index contributed by atoms with van der Waals surface area (Å²) in [5.74, 6) is 0.700. The Balaban J connectivity index is 2.54. The summed E-state index contributed by atoms with van der Waals surface area (Å²) in [5, 5.41) is 3.49. The summed E-state index contributed by atoms with van der Waals surface area (Å²) in [4.78, 5) is 0. The first-order valence-electron chi connectivity index (χ1n) is 6.85. The Morgan fingerprint density at radius 2 is 2.05 bits per heavy atom. The van der Waals surface area contributed by atoms with Crippen LogP contribution in [0.5, 0.6) is 5.75 Å². The Labute approximate surface area is 120 Å². The first-order chi connectivity index (χ1) is 9.02. The van der Waals surface area contributed by atoms with E-state index in [0.717, 1.165) is 25.9 Å². The highest BCUT2D eigenvalue weighted by Gasteiger charge is 2.11. The second-order valence-corrected chi connectivity index (χ2v) is 5.56. The maximum atomic E-state index is 13.3. The molecule has 1 atom stereocenters. The second kappa shape index (κ2) is 8.39. The van der Waals surface area contributed by atoms with E-state index in [0.29, 0.717) is 11.7 Å². The van der Waals surface area contributed by atoms with Gasteiger partial charge in [-0.2, -0.15) is 0 Å². The Morgan fingerprint density at radius 1 is 1.32 bits per heavy atom. The highest BCUT2D eigenvalue weighted by Crippen LogP contribution is 2.21. The van der Waals surface area contributed by atoms with Crippen molar-refractivity contribution in [2.45, 2.75) is 39.7 Å². The fraction of sp³-hybridized carbons (Fsp3) is 0.600. The van der Waals surface area contributed by atoms with Crippen LogP contribution in [-0.2, 0) is 0 Å². The number of rotatable bonds is 8. The highest BCUT2D eigenvalue weighted by atomic mass is 35.5. The van der Waals surface area contributed by atoms with E-state index in [4.69, 9.17) is 16.3 Å². The van der Waals surface area contributed by atoms with E-state index in [-0.39, 0.29) is 11.1 Å². The molecule has 0 heterocycles. The minimum absolute atomic E-state index is 0.0596. The molecule has 4 heteroatoms. The van der Waals surface area contributed by atoms with Crippen molar-refractivity contribution in [3.63, 3.8) is 0 Å². The van der Waals surface area contributed by atoms with Crippen LogP contribution < -0.4 is 10.1 Å². The minimum atomic E-state index is -0.440. The van der Waals surface area contributed by atoms with Crippen molar-refractivity contribution in [3.8, 4) is 5.75 Å². The average molecular weight is 288 g/mol. The lowest BCUT2D eigenvalue weighted by Crippen LogP contribution is -2.33. The zero-order chi connectivity index (χ0) is 14.3. The van der Waals surface area contributed by atoms with E-state index in [1.54, 1.807) is 6.07 Å². The van der Waals surface area contributed by atoms with E-state index < -0.39 is 5.82 Å². The third-order valence-corrected chi connectivity index (χ3v) is 3.04. The summed E-state index contributed by atoms with van der Waals surface area (Å²) in [6.45, 7) is 8.17. The van der Waals surface area contributed by atoms with Gasteiger partial charge >= 0.3 is 0 Å². The molecule has 19 heavy (non-hydrogen) atoms. The minimum Gasteiger partial charge on any atom is -0.489 e. The van der Waals surface area contributed by atoms with Gasteiger partial charge in [0.25, 0.3) is 0 Å². The molecule has 0 aliphatic heterocycles. The van der Waals surface area contributed by atoms with Crippen LogP contribution in [0, 0.1) is 11.7 Å². The van der Waals surface area contributed by atoms with Crippen molar-refractivity contribution in [1.29, 1.82) is 0 Å². The molecule has 1 unspecified atom stereocenters. The maximum Gasteiger partial charge on any atom is 0.145 e.